The zero-order chi connectivity index (χ0) is 13.5. The Balaban J connectivity index is 2.43. The van der Waals surface area contributed by atoms with Crippen molar-refractivity contribution in [3.63, 3.8) is 0 Å². The maximum atomic E-state index is 10.5. The lowest BCUT2D eigenvalue weighted by Crippen LogP contribution is -2.30. The molecule has 0 bridgehead atoms. The molecule has 98 valence electrons. The summed E-state index contributed by atoms with van der Waals surface area (Å²) in [7, 11) is 0. The van der Waals surface area contributed by atoms with E-state index in [2.05, 4.69) is 10.6 Å². The van der Waals surface area contributed by atoms with E-state index in [4.69, 9.17) is 17.3 Å². The molecule has 0 radical (unpaired) electrons. The highest BCUT2D eigenvalue weighted by Gasteiger charge is 2.08. The summed E-state index contributed by atoms with van der Waals surface area (Å²) in [6, 6.07) is 3.63. The molecule has 8 heteroatoms. The Kier molecular flexibility index (Phi) is 5.19. The number of carbonyl (C=O) groups is 1. The second kappa shape index (κ2) is 6.65. The number of nitrogens with two attached hydrogens (primary N) is 1. The van der Waals surface area contributed by atoms with E-state index in [9.17, 15) is 14.9 Å². The van der Waals surface area contributed by atoms with Crippen LogP contribution in [0, 0.1) is 10.1 Å². The van der Waals surface area contributed by atoms with Gasteiger partial charge in [0.05, 0.1) is 15.6 Å². The molecule has 0 atom stereocenters. The lowest BCUT2D eigenvalue weighted by Gasteiger charge is -2.08. The fourth-order valence-electron chi connectivity index (χ4n) is 1.28. The van der Waals surface area contributed by atoms with Crippen molar-refractivity contribution < 1.29 is 9.72 Å². The Bertz CT molecular complexity index is 453. The number of anilines is 1. The van der Waals surface area contributed by atoms with Gasteiger partial charge in [-0.05, 0) is 12.5 Å². The summed E-state index contributed by atoms with van der Waals surface area (Å²) in [6.45, 7) is 1.02. The highest BCUT2D eigenvalue weighted by molar-refractivity contribution is 6.33. The maximum Gasteiger partial charge on any atom is 0.312 e. The lowest BCUT2D eigenvalue weighted by molar-refractivity contribution is -0.384. The van der Waals surface area contributed by atoms with Crippen LogP contribution >= 0.6 is 11.6 Å². The first-order chi connectivity index (χ1) is 8.50. The van der Waals surface area contributed by atoms with Crippen LogP contribution in [0.1, 0.15) is 6.42 Å². The van der Waals surface area contributed by atoms with Crippen molar-refractivity contribution in [2.75, 3.05) is 18.4 Å². The van der Waals surface area contributed by atoms with Crippen LogP contribution in [0.15, 0.2) is 18.2 Å². The molecule has 0 aliphatic carbocycles. The first-order valence-corrected chi connectivity index (χ1v) is 5.59. The van der Waals surface area contributed by atoms with Gasteiger partial charge < -0.3 is 16.4 Å². The van der Waals surface area contributed by atoms with E-state index in [1.54, 1.807) is 6.07 Å². The monoisotopic (exact) mass is 272 g/mol. The second-order valence-corrected chi connectivity index (χ2v) is 3.90. The van der Waals surface area contributed by atoms with E-state index in [0.29, 0.717) is 25.2 Å². The zero-order valence-corrected chi connectivity index (χ0v) is 10.2. The quantitative estimate of drug-likeness (QED) is 0.416. The number of hydrogen-bond acceptors (Lipinski definition) is 4. The van der Waals surface area contributed by atoms with E-state index in [1.807, 2.05) is 0 Å². The summed E-state index contributed by atoms with van der Waals surface area (Å²) >= 11 is 5.88. The number of primary amides is 1. The molecule has 0 spiro atoms. The Hall–Kier alpha value is -2.02. The van der Waals surface area contributed by atoms with E-state index in [1.165, 1.54) is 12.1 Å². The third-order valence-electron chi connectivity index (χ3n) is 2.13. The largest absolute Gasteiger partial charge is 0.384 e. The van der Waals surface area contributed by atoms with Gasteiger partial charge in [0, 0.05) is 25.2 Å². The first-order valence-electron chi connectivity index (χ1n) is 5.22. The summed E-state index contributed by atoms with van der Waals surface area (Å²) in [5, 5.41) is 16.2. The van der Waals surface area contributed by atoms with Crippen molar-refractivity contribution in [1.82, 2.24) is 5.32 Å². The van der Waals surface area contributed by atoms with Gasteiger partial charge in [-0.3, -0.25) is 10.1 Å². The standard InChI is InChI=1S/C10H13ClN4O3/c11-8-6-7(15(17)18)2-3-9(8)13-4-1-5-14-10(12)16/h2-3,6,13H,1,4-5H2,(H3,12,14,16). The van der Waals surface area contributed by atoms with Gasteiger partial charge in [-0.25, -0.2) is 4.79 Å². The number of non-ortho nitro benzene ring substituents is 1. The van der Waals surface area contributed by atoms with Gasteiger partial charge in [-0.2, -0.15) is 0 Å². The van der Waals surface area contributed by atoms with Gasteiger partial charge in [0.15, 0.2) is 0 Å². The summed E-state index contributed by atoms with van der Waals surface area (Å²) in [6.07, 6.45) is 0.663. The molecule has 0 saturated heterocycles. The van der Waals surface area contributed by atoms with Gasteiger partial charge in [0.2, 0.25) is 0 Å². The Morgan fingerprint density at radius 3 is 2.72 bits per heavy atom. The van der Waals surface area contributed by atoms with E-state index in [0.717, 1.165) is 0 Å². The van der Waals surface area contributed by atoms with Crippen LogP contribution in [0.5, 0.6) is 0 Å². The number of rotatable bonds is 6. The third-order valence-corrected chi connectivity index (χ3v) is 2.44. The number of nitrogens with zero attached hydrogens (tertiary/aromatic N) is 1. The molecule has 0 heterocycles. The summed E-state index contributed by atoms with van der Waals surface area (Å²) in [5.74, 6) is 0. The van der Waals surface area contributed by atoms with Gasteiger partial charge in [0.1, 0.15) is 0 Å². The number of hydrogen-bond donors (Lipinski definition) is 3. The minimum Gasteiger partial charge on any atom is -0.384 e. The van der Waals surface area contributed by atoms with E-state index >= 15 is 0 Å². The van der Waals surface area contributed by atoms with Crippen molar-refractivity contribution in [3.05, 3.63) is 33.3 Å². The molecular formula is C10H13ClN4O3. The highest BCUT2D eigenvalue weighted by Crippen LogP contribution is 2.26. The fraction of sp³-hybridized carbons (Fsp3) is 0.300. The third kappa shape index (κ3) is 4.46. The molecule has 0 fully saturated rings. The molecular weight excluding hydrogens is 260 g/mol. The van der Waals surface area contributed by atoms with Crippen molar-refractivity contribution in [2.24, 2.45) is 5.73 Å². The summed E-state index contributed by atoms with van der Waals surface area (Å²) in [4.78, 5) is 20.4. The molecule has 0 aromatic heterocycles. The molecule has 0 saturated carbocycles. The van der Waals surface area contributed by atoms with Crippen LogP contribution < -0.4 is 16.4 Å². The Labute approximate surface area is 108 Å². The van der Waals surface area contributed by atoms with Crippen LogP contribution in [0.3, 0.4) is 0 Å². The SMILES string of the molecule is NC(=O)NCCCNc1ccc([N+](=O)[O-])cc1Cl. The van der Waals surface area contributed by atoms with Crippen LogP contribution in [0.4, 0.5) is 16.2 Å². The highest BCUT2D eigenvalue weighted by atomic mass is 35.5. The van der Waals surface area contributed by atoms with Crippen molar-refractivity contribution in [1.29, 1.82) is 0 Å². The Morgan fingerprint density at radius 1 is 1.44 bits per heavy atom. The molecule has 18 heavy (non-hydrogen) atoms. The zero-order valence-electron chi connectivity index (χ0n) is 9.48. The molecule has 1 aromatic carbocycles. The molecule has 0 unspecified atom stereocenters. The Morgan fingerprint density at radius 2 is 2.17 bits per heavy atom. The topological polar surface area (TPSA) is 110 Å². The van der Waals surface area contributed by atoms with Crippen molar-refractivity contribution in [2.45, 2.75) is 6.42 Å². The van der Waals surface area contributed by atoms with E-state index < -0.39 is 11.0 Å². The van der Waals surface area contributed by atoms with Crippen LogP contribution in [0.25, 0.3) is 0 Å². The van der Waals surface area contributed by atoms with E-state index in [-0.39, 0.29) is 10.7 Å². The second-order valence-electron chi connectivity index (χ2n) is 3.49. The van der Waals surface area contributed by atoms with Crippen LogP contribution in [-0.2, 0) is 0 Å². The normalized spacial score (nSPS) is 9.83. The fourth-order valence-corrected chi connectivity index (χ4v) is 1.53. The number of nitro benzene ring substituents is 1. The average molecular weight is 273 g/mol. The number of urea groups is 1. The number of nitro groups is 1. The lowest BCUT2D eigenvalue weighted by atomic mass is 10.2. The van der Waals surface area contributed by atoms with Crippen molar-refractivity contribution in [3.8, 4) is 0 Å². The smallest absolute Gasteiger partial charge is 0.312 e. The minimum absolute atomic E-state index is 0.0547. The number of halogens is 1. The van der Waals surface area contributed by atoms with Gasteiger partial charge in [-0.1, -0.05) is 11.6 Å². The number of nitrogens with one attached hydrogen (secondary N) is 2. The molecule has 2 amide bonds. The molecule has 1 aromatic rings. The summed E-state index contributed by atoms with van der Waals surface area (Å²) in [5.41, 5.74) is 5.46. The number of amides is 2. The predicted octanol–water partition coefficient (Wildman–Crippen LogP) is 1.72. The first kappa shape index (κ1) is 14.0. The molecule has 7 nitrogen and oxygen atoms in total. The van der Waals surface area contributed by atoms with Gasteiger partial charge in [0.25, 0.3) is 5.69 Å². The van der Waals surface area contributed by atoms with Crippen LogP contribution in [0.2, 0.25) is 5.02 Å². The number of benzene rings is 1. The minimum atomic E-state index is -0.566. The molecule has 4 N–H and O–H groups in total. The molecule has 0 aliphatic heterocycles. The van der Waals surface area contributed by atoms with Gasteiger partial charge in [-0.15, -0.1) is 0 Å². The number of carbonyl (C=O) groups excluding carboxylic acids is 1. The average Bonchev–Trinajstić information content (AvgIpc) is 2.29. The van der Waals surface area contributed by atoms with Gasteiger partial charge >= 0.3 is 6.03 Å². The van der Waals surface area contributed by atoms with Crippen molar-refractivity contribution >= 4 is 29.0 Å². The maximum absolute atomic E-state index is 10.5. The molecule has 1 rings (SSSR count). The molecule has 0 aliphatic rings. The predicted molar refractivity (Wildman–Crippen MR) is 68.8 cm³/mol. The summed E-state index contributed by atoms with van der Waals surface area (Å²) < 4.78 is 0. The van der Waals surface area contributed by atoms with Crippen LogP contribution in [-0.4, -0.2) is 24.0 Å².